The van der Waals surface area contributed by atoms with E-state index in [4.69, 9.17) is 0 Å². The van der Waals surface area contributed by atoms with Crippen LogP contribution < -0.4 is 5.32 Å². The molecule has 0 spiro atoms. The lowest BCUT2D eigenvalue weighted by Gasteiger charge is -2.30. The molecule has 0 aliphatic carbocycles. The van der Waals surface area contributed by atoms with Gasteiger partial charge in [0.05, 0.1) is 0 Å². The Hall–Kier alpha value is -0.760. The molecule has 0 aromatic carbocycles. The van der Waals surface area contributed by atoms with Gasteiger partial charge in [0.15, 0.2) is 0 Å². The summed E-state index contributed by atoms with van der Waals surface area (Å²) in [6, 6.07) is 2.15. The quantitative estimate of drug-likeness (QED) is 0.575. The molecule has 1 aliphatic heterocycles. The van der Waals surface area contributed by atoms with Gasteiger partial charge in [-0.2, -0.15) is 0 Å². The van der Waals surface area contributed by atoms with Gasteiger partial charge in [-0.3, -0.25) is 0 Å². The molecule has 1 aliphatic rings. The first-order chi connectivity index (χ1) is 5.17. The van der Waals surface area contributed by atoms with Crippen LogP contribution in [0, 0.1) is 0 Å². The molecule has 11 heavy (non-hydrogen) atoms. The maximum Gasteiger partial charge on any atom is 0.0228 e. The molecule has 1 aromatic heterocycles. The van der Waals surface area contributed by atoms with Crippen LogP contribution in [0.1, 0.15) is 25.1 Å². The van der Waals surface area contributed by atoms with E-state index in [1.54, 1.807) is 0 Å². The standard InChI is InChI=1S/C9H14N2/c1-9(2)5-8-7(6-11-9)3-4-10-8/h3-4,10-11H,5-6H2,1-2H3. The molecule has 2 N–H and O–H groups in total. The molecule has 0 atom stereocenters. The fourth-order valence-corrected chi connectivity index (χ4v) is 1.61. The second-order valence-electron chi connectivity index (χ2n) is 3.90. The first kappa shape index (κ1) is 6.92. The van der Waals surface area contributed by atoms with Gasteiger partial charge in [0.25, 0.3) is 0 Å². The third-order valence-electron chi connectivity index (χ3n) is 2.31. The molecule has 0 fully saturated rings. The van der Waals surface area contributed by atoms with Crippen LogP contribution in [0.5, 0.6) is 0 Å². The number of rotatable bonds is 0. The zero-order valence-corrected chi connectivity index (χ0v) is 7.07. The van der Waals surface area contributed by atoms with Gasteiger partial charge >= 0.3 is 0 Å². The van der Waals surface area contributed by atoms with Gasteiger partial charge in [0, 0.05) is 30.4 Å². The number of aromatic nitrogens is 1. The van der Waals surface area contributed by atoms with Crippen molar-refractivity contribution < 1.29 is 0 Å². The van der Waals surface area contributed by atoms with Gasteiger partial charge in [-0.05, 0) is 25.5 Å². The maximum absolute atomic E-state index is 3.48. The molecule has 0 amide bonds. The number of fused-ring (bicyclic) bond motifs is 1. The van der Waals surface area contributed by atoms with E-state index in [9.17, 15) is 0 Å². The average molecular weight is 150 g/mol. The normalized spacial score (nSPS) is 21.3. The van der Waals surface area contributed by atoms with E-state index >= 15 is 0 Å². The second-order valence-corrected chi connectivity index (χ2v) is 3.90. The van der Waals surface area contributed by atoms with Crippen LogP contribution >= 0.6 is 0 Å². The van der Waals surface area contributed by atoms with Crippen molar-refractivity contribution in [3.05, 3.63) is 23.5 Å². The van der Waals surface area contributed by atoms with Crippen LogP contribution in [-0.4, -0.2) is 10.5 Å². The lowest BCUT2D eigenvalue weighted by molar-refractivity contribution is 0.360. The van der Waals surface area contributed by atoms with Crippen LogP contribution in [0.4, 0.5) is 0 Å². The van der Waals surface area contributed by atoms with Crippen LogP contribution in [0.25, 0.3) is 0 Å². The number of aromatic amines is 1. The zero-order valence-electron chi connectivity index (χ0n) is 7.07. The average Bonchev–Trinajstić information content (AvgIpc) is 2.31. The van der Waals surface area contributed by atoms with Crippen LogP contribution in [0.2, 0.25) is 0 Å². The van der Waals surface area contributed by atoms with E-state index < -0.39 is 0 Å². The van der Waals surface area contributed by atoms with E-state index in [0.717, 1.165) is 13.0 Å². The molecule has 0 radical (unpaired) electrons. The molecule has 2 nitrogen and oxygen atoms in total. The Bertz CT molecular complexity index is 260. The minimum Gasteiger partial charge on any atom is -0.365 e. The molecule has 2 heterocycles. The second kappa shape index (κ2) is 2.11. The third kappa shape index (κ3) is 1.18. The van der Waals surface area contributed by atoms with Crippen molar-refractivity contribution >= 4 is 0 Å². The van der Waals surface area contributed by atoms with Crippen molar-refractivity contribution in [1.29, 1.82) is 0 Å². The topological polar surface area (TPSA) is 27.8 Å². The van der Waals surface area contributed by atoms with Gasteiger partial charge in [0.1, 0.15) is 0 Å². The third-order valence-corrected chi connectivity index (χ3v) is 2.31. The number of nitrogens with one attached hydrogen (secondary N) is 2. The van der Waals surface area contributed by atoms with Crippen LogP contribution in [0.3, 0.4) is 0 Å². The summed E-state index contributed by atoms with van der Waals surface area (Å²) in [4.78, 5) is 3.27. The lowest BCUT2D eigenvalue weighted by atomic mass is 9.92. The molecule has 1 aromatic rings. The van der Waals surface area contributed by atoms with Crippen molar-refractivity contribution in [1.82, 2.24) is 10.3 Å². The highest BCUT2D eigenvalue weighted by atomic mass is 15.0. The Labute approximate surface area is 67.0 Å². The Kier molecular flexibility index (Phi) is 1.33. The monoisotopic (exact) mass is 150 g/mol. The van der Waals surface area contributed by atoms with Crippen molar-refractivity contribution in [3.8, 4) is 0 Å². The summed E-state index contributed by atoms with van der Waals surface area (Å²) in [5, 5.41) is 3.48. The highest BCUT2D eigenvalue weighted by molar-refractivity contribution is 5.25. The van der Waals surface area contributed by atoms with Gasteiger partial charge in [-0.15, -0.1) is 0 Å². The van der Waals surface area contributed by atoms with E-state index in [1.807, 2.05) is 6.20 Å². The number of hydrogen-bond donors (Lipinski definition) is 2. The molecule has 0 saturated carbocycles. The maximum atomic E-state index is 3.48. The lowest BCUT2D eigenvalue weighted by Crippen LogP contribution is -2.44. The Morgan fingerprint density at radius 1 is 1.45 bits per heavy atom. The molecule has 0 unspecified atom stereocenters. The predicted molar refractivity (Wildman–Crippen MR) is 45.4 cm³/mol. The minimum atomic E-state index is 0.262. The van der Waals surface area contributed by atoms with E-state index in [0.29, 0.717) is 0 Å². The number of hydrogen-bond acceptors (Lipinski definition) is 1. The first-order valence-corrected chi connectivity index (χ1v) is 4.07. The van der Waals surface area contributed by atoms with Gasteiger partial charge in [0.2, 0.25) is 0 Å². The summed E-state index contributed by atoms with van der Waals surface area (Å²) >= 11 is 0. The van der Waals surface area contributed by atoms with E-state index in [2.05, 4.69) is 30.2 Å². The minimum absolute atomic E-state index is 0.262. The van der Waals surface area contributed by atoms with Crippen LogP contribution in [0.15, 0.2) is 12.3 Å². The van der Waals surface area contributed by atoms with Crippen LogP contribution in [-0.2, 0) is 13.0 Å². The molecular formula is C9H14N2. The molecular weight excluding hydrogens is 136 g/mol. The summed E-state index contributed by atoms with van der Waals surface area (Å²) in [6.45, 7) is 5.47. The molecule has 2 rings (SSSR count). The smallest absolute Gasteiger partial charge is 0.0228 e. The van der Waals surface area contributed by atoms with Crippen molar-refractivity contribution in [2.24, 2.45) is 0 Å². The summed E-state index contributed by atoms with van der Waals surface area (Å²) in [7, 11) is 0. The van der Waals surface area contributed by atoms with Crippen molar-refractivity contribution in [3.63, 3.8) is 0 Å². The van der Waals surface area contributed by atoms with Crippen molar-refractivity contribution in [2.75, 3.05) is 0 Å². The Morgan fingerprint density at radius 3 is 3.09 bits per heavy atom. The SMILES string of the molecule is CC1(C)Cc2[nH]ccc2CN1. The fraction of sp³-hybridized carbons (Fsp3) is 0.556. The Balaban J connectivity index is 2.32. The summed E-state index contributed by atoms with van der Waals surface area (Å²) in [5.74, 6) is 0. The highest BCUT2D eigenvalue weighted by Gasteiger charge is 2.24. The molecule has 0 saturated heterocycles. The summed E-state index contributed by atoms with van der Waals surface area (Å²) in [5.41, 5.74) is 3.08. The molecule has 2 heteroatoms. The van der Waals surface area contributed by atoms with E-state index in [-0.39, 0.29) is 5.54 Å². The summed E-state index contributed by atoms with van der Waals surface area (Å²) in [6.07, 6.45) is 3.13. The van der Waals surface area contributed by atoms with Gasteiger partial charge < -0.3 is 10.3 Å². The fourth-order valence-electron chi connectivity index (χ4n) is 1.61. The van der Waals surface area contributed by atoms with E-state index in [1.165, 1.54) is 11.3 Å². The highest BCUT2D eigenvalue weighted by Crippen LogP contribution is 2.20. The van der Waals surface area contributed by atoms with Gasteiger partial charge in [-0.1, -0.05) is 0 Å². The summed E-state index contributed by atoms with van der Waals surface area (Å²) < 4.78 is 0. The molecule has 60 valence electrons. The van der Waals surface area contributed by atoms with Crippen molar-refractivity contribution in [2.45, 2.75) is 32.4 Å². The van der Waals surface area contributed by atoms with Gasteiger partial charge in [-0.25, -0.2) is 0 Å². The first-order valence-electron chi connectivity index (χ1n) is 4.07. The predicted octanol–water partition coefficient (Wildman–Crippen LogP) is 1.44. The molecule has 0 bridgehead atoms. The number of H-pyrrole nitrogens is 1. The zero-order chi connectivity index (χ0) is 7.90. The largest absolute Gasteiger partial charge is 0.365 e. The Morgan fingerprint density at radius 2 is 2.27 bits per heavy atom.